The van der Waals surface area contributed by atoms with Gasteiger partial charge in [-0.2, -0.15) is 0 Å². The van der Waals surface area contributed by atoms with Crippen molar-refractivity contribution >= 4 is 34.1 Å². The topological polar surface area (TPSA) is 192 Å². The molecule has 0 radical (unpaired) electrons. The van der Waals surface area contributed by atoms with Gasteiger partial charge in [-0.15, -0.1) is 12.4 Å². The molecule has 0 aliphatic heterocycles. The molecule has 11 nitrogen and oxygen atoms in total. The second kappa shape index (κ2) is 29.1. The van der Waals surface area contributed by atoms with E-state index in [9.17, 15) is 0 Å². The first-order chi connectivity index (χ1) is 9.27. The van der Waals surface area contributed by atoms with Gasteiger partial charge in [-0.1, -0.05) is 0 Å². The Morgan fingerprint density at radius 1 is 1.00 bits per heavy atom. The van der Waals surface area contributed by atoms with Crippen LogP contribution in [0.5, 0.6) is 0 Å². The molecule has 0 aliphatic carbocycles. The number of hydrogen-bond acceptors (Lipinski definition) is 8. The largest absolute Gasteiger partial charge is 1.00 e. The minimum absolute atomic E-state index is 0. The summed E-state index contributed by atoms with van der Waals surface area (Å²) in [5, 5.41) is 0. The third kappa shape index (κ3) is 141. The van der Waals surface area contributed by atoms with Crippen molar-refractivity contribution in [3.8, 4) is 0 Å². The molecular weight excluding hydrogens is 432 g/mol. The van der Waals surface area contributed by atoms with Crippen molar-refractivity contribution in [3.05, 3.63) is 0 Å². The van der Waals surface area contributed by atoms with Crippen LogP contribution in [0.25, 0.3) is 0 Å². The number of nitrogens with zero attached hydrogens (tertiary/aromatic N) is 3. The fourth-order valence-corrected chi connectivity index (χ4v) is 0.637. The van der Waals surface area contributed by atoms with E-state index < -0.39 is 15.6 Å². The van der Waals surface area contributed by atoms with Crippen molar-refractivity contribution in [1.29, 1.82) is 0 Å². The SMILES string of the molecule is CCN=C=NCCCN(C)C.Cl.O=P([O-])(O)O.O=P([O-])([O-])O.[Na+].[Na+].[Na+]. The maximum atomic E-state index is 8.77. The van der Waals surface area contributed by atoms with Gasteiger partial charge in [0.2, 0.25) is 0 Å². The second-order valence-corrected chi connectivity index (χ2v) is 5.49. The summed E-state index contributed by atoms with van der Waals surface area (Å²) >= 11 is 0. The minimum atomic E-state index is -5.14. The van der Waals surface area contributed by atoms with Gasteiger partial charge < -0.3 is 38.8 Å². The van der Waals surface area contributed by atoms with Gasteiger partial charge in [0.25, 0.3) is 7.82 Å². The number of halogens is 1. The van der Waals surface area contributed by atoms with Gasteiger partial charge in [-0.05, 0) is 34.0 Å². The Morgan fingerprint density at radius 2 is 1.32 bits per heavy atom. The summed E-state index contributed by atoms with van der Waals surface area (Å²) in [5.74, 6) is 0. The number of phosphoric acid groups is 2. The molecule has 0 aromatic rings. The van der Waals surface area contributed by atoms with E-state index in [0.29, 0.717) is 0 Å². The van der Waals surface area contributed by atoms with Crippen LogP contribution in [0.3, 0.4) is 0 Å². The van der Waals surface area contributed by atoms with E-state index >= 15 is 0 Å². The van der Waals surface area contributed by atoms with Crippen molar-refractivity contribution in [2.45, 2.75) is 13.3 Å². The molecule has 0 aromatic carbocycles. The molecule has 17 heteroatoms. The van der Waals surface area contributed by atoms with Crippen molar-refractivity contribution < 1.29 is 127 Å². The maximum Gasteiger partial charge on any atom is 1.00 e. The first-order valence-corrected chi connectivity index (χ1v) is 8.54. The summed E-state index contributed by atoms with van der Waals surface area (Å²) in [6.45, 7) is 4.67. The van der Waals surface area contributed by atoms with Crippen molar-refractivity contribution in [2.75, 3.05) is 33.7 Å². The average Bonchev–Trinajstić information content (AvgIpc) is 2.18. The van der Waals surface area contributed by atoms with Crippen molar-refractivity contribution in [2.24, 2.45) is 9.98 Å². The predicted molar refractivity (Wildman–Crippen MR) is 77.6 cm³/mol. The van der Waals surface area contributed by atoms with Crippen LogP contribution >= 0.6 is 28.1 Å². The second-order valence-electron chi connectivity index (χ2n) is 3.57. The fourth-order valence-electron chi connectivity index (χ4n) is 0.637. The fraction of sp³-hybridized carbons (Fsp3) is 0.875. The van der Waals surface area contributed by atoms with Crippen LogP contribution < -0.4 is 103 Å². The molecule has 0 saturated heterocycles. The van der Waals surface area contributed by atoms with Gasteiger partial charge in [0.1, 0.15) is 0 Å². The maximum absolute atomic E-state index is 8.77. The summed E-state index contributed by atoms with van der Waals surface area (Å²) in [5.41, 5.74) is 0. The Hall–Kier alpha value is 2.85. The molecule has 0 spiro atoms. The summed E-state index contributed by atoms with van der Waals surface area (Å²) in [4.78, 5) is 57.2. The summed E-state index contributed by atoms with van der Waals surface area (Å²) in [6.07, 6.45) is 1.08. The first kappa shape index (κ1) is 46.2. The Balaban J connectivity index is -0.0000000401. The van der Waals surface area contributed by atoms with E-state index in [4.69, 9.17) is 38.5 Å². The van der Waals surface area contributed by atoms with Crippen molar-refractivity contribution in [1.82, 2.24) is 4.90 Å². The molecule has 0 saturated carbocycles. The molecule has 0 heterocycles. The number of rotatable bonds is 5. The van der Waals surface area contributed by atoms with E-state index in [-0.39, 0.29) is 101 Å². The Morgan fingerprint density at radius 3 is 1.56 bits per heavy atom. The Bertz CT molecular complexity index is 368. The monoisotopic (exact) mass is 453 g/mol. The predicted octanol–water partition coefficient (Wildman–Crippen LogP) is -11.2. The van der Waals surface area contributed by atoms with Gasteiger partial charge >= 0.3 is 88.7 Å². The normalized spacial score (nSPS) is 8.88. The van der Waals surface area contributed by atoms with Crippen LogP contribution in [-0.2, 0) is 9.13 Å². The molecular formula is C8H21ClN3Na3O8P2. The third-order valence-electron chi connectivity index (χ3n) is 1.17. The van der Waals surface area contributed by atoms with Crippen LogP contribution in [0.2, 0.25) is 0 Å². The number of hydrogen-bond donors (Lipinski definition) is 3. The Labute approximate surface area is 220 Å². The zero-order valence-corrected chi connectivity index (χ0v) is 24.0. The molecule has 136 valence electrons. The quantitative estimate of drug-likeness (QED) is 0.157. The first-order valence-electron chi connectivity index (χ1n) is 5.51. The summed E-state index contributed by atoms with van der Waals surface area (Å²) in [6, 6.07) is 2.64. The van der Waals surface area contributed by atoms with Crippen LogP contribution in [0.15, 0.2) is 9.98 Å². The van der Waals surface area contributed by atoms with Crippen LogP contribution in [0.4, 0.5) is 0 Å². The molecule has 0 aromatic heterocycles. The van der Waals surface area contributed by atoms with Gasteiger partial charge in [0.05, 0.1) is 20.4 Å². The zero-order chi connectivity index (χ0) is 17.5. The van der Waals surface area contributed by atoms with Crippen molar-refractivity contribution in [3.63, 3.8) is 0 Å². The summed E-state index contributed by atoms with van der Waals surface area (Å²) < 4.78 is 17.4. The van der Waals surface area contributed by atoms with Gasteiger partial charge in [-0.25, -0.2) is 9.98 Å². The molecule has 3 N–H and O–H groups in total. The van der Waals surface area contributed by atoms with Crippen LogP contribution in [-0.4, -0.2) is 59.3 Å². The van der Waals surface area contributed by atoms with E-state index in [1.54, 1.807) is 0 Å². The molecule has 0 atom stereocenters. The zero-order valence-electron chi connectivity index (χ0n) is 15.4. The van der Waals surface area contributed by atoms with E-state index in [2.05, 4.69) is 35.0 Å². The van der Waals surface area contributed by atoms with Gasteiger partial charge in [0.15, 0.2) is 0 Å². The molecule has 0 bridgehead atoms. The smallest absolute Gasteiger partial charge is 0.790 e. The van der Waals surface area contributed by atoms with Crippen LogP contribution in [0, 0.1) is 0 Å². The van der Waals surface area contributed by atoms with Gasteiger partial charge in [-0.3, -0.25) is 4.57 Å². The molecule has 0 rings (SSSR count). The average molecular weight is 454 g/mol. The Kier molecular flexibility index (Phi) is 53.7. The van der Waals surface area contributed by atoms with Crippen LogP contribution in [0.1, 0.15) is 13.3 Å². The van der Waals surface area contributed by atoms with Gasteiger partial charge in [0, 0.05) is 6.54 Å². The molecule has 0 unspecified atom stereocenters. The summed E-state index contributed by atoms with van der Waals surface area (Å²) in [7, 11) is -5.91. The molecule has 25 heavy (non-hydrogen) atoms. The molecule has 0 fully saturated rings. The number of aliphatic imine (C=N–C) groups is 2. The van der Waals surface area contributed by atoms with E-state index in [0.717, 1.165) is 26.1 Å². The standard InChI is InChI=1S/C8H17N3.ClH.3Na.2H3O4P/c1-4-9-8-10-6-5-7-11(2)3;;;;;2*1-5(2,3)4/h4-7H2,1-3H3;1H;;;;2*(H3,1,2,3,4)/q;;3*+1;;/p-3. The van der Waals surface area contributed by atoms with E-state index in [1.165, 1.54) is 0 Å². The molecule has 0 aliphatic rings. The van der Waals surface area contributed by atoms with E-state index in [1.807, 2.05) is 6.92 Å². The third-order valence-corrected chi connectivity index (χ3v) is 1.17. The minimum Gasteiger partial charge on any atom is -0.790 e. The molecule has 0 amide bonds.